The molecule has 0 bridgehead atoms. The fourth-order valence-electron chi connectivity index (χ4n) is 5.30. The molecule has 3 heterocycles. The molecule has 146 valence electrons. The molecule has 4 atom stereocenters. The molecule has 1 N–H and O–H groups in total. The topological polar surface area (TPSA) is 35.9 Å². The van der Waals surface area contributed by atoms with E-state index in [9.17, 15) is 5.11 Å². The number of rotatable bonds is 3. The molecular weight excluding hydrogens is 380 g/mol. The van der Waals surface area contributed by atoms with Crippen molar-refractivity contribution in [3.05, 3.63) is 34.2 Å². The van der Waals surface area contributed by atoms with Crippen LogP contribution in [0.15, 0.2) is 24.3 Å². The summed E-state index contributed by atoms with van der Waals surface area (Å²) in [6.45, 7) is 6.66. The van der Waals surface area contributed by atoms with Gasteiger partial charge in [-0.2, -0.15) is 0 Å². The second kappa shape index (κ2) is 7.62. The third-order valence-corrected chi connectivity index (χ3v) is 8.37. The molecule has 5 rings (SSSR count). The Morgan fingerprint density at radius 2 is 1.85 bits per heavy atom. The second-order valence-corrected chi connectivity index (χ2v) is 9.82. The van der Waals surface area contributed by atoms with Gasteiger partial charge in [0.1, 0.15) is 0 Å². The molecule has 0 unspecified atom stereocenters. The third kappa shape index (κ3) is 3.54. The highest BCUT2D eigenvalue weighted by molar-refractivity contribution is 7.19. The Balaban J connectivity index is 1.27. The lowest BCUT2D eigenvalue weighted by Crippen LogP contribution is -2.53. The number of hydrogen-bond donors (Lipinski definition) is 1. The first kappa shape index (κ1) is 18.3. The SMILES string of the molecule is O[C@@H]1C[C@H]2CN(Cc3sc4ccccc4c3Cl)C[C@H]2C[C@H]1N1CCOCC1. The first-order valence-electron chi connectivity index (χ1n) is 10.1. The van der Waals surface area contributed by atoms with E-state index in [0.29, 0.717) is 17.9 Å². The van der Waals surface area contributed by atoms with Crippen LogP contribution < -0.4 is 0 Å². The zero-order valence-electron chi connectivity index (χ0n) is 15.5. The van der Waals surface area contributed by atoms with Crippen LogP contribution in [0.5, 0.6) is 0 Å². The van der Waals surface area contributed by atoms with Gasteiger partial charge in [-0.15, -0.1) is 11.3 Å². The average Bonchev–Trinajstić information content (AvgIpc) is 3.22. The van der Waals surface area contributed by atoms with Crippen molar-refractivity contribution >= 4 is 33.0 Å². The molecule has 27 heavy (non-hydrogen) atoms. The van der Waals surface area contributed by atoms with E-state index in [4.69, 9.17) is 16.3 Å². The van der Waals surface area contributed by atoms with Gasteiger partial charge in [0.15, 0.2) is 0 Å². The molecule has 4 nitrogen and oxygen atoms in total. The van der Waals surface area contributed by atoms with Crippen LogP contribution >= 0.6 is 22.9 Å². The van der Waals surface area contributed by atoms with E-state index in [-0.39, 0.29) is 6.10 Å². The summed E-state index contributed by atoms with van der Waals surface area (Å²) >= 11 is 8.48. The van der Waals surface area contributed by atoms with Crippen molar-refractivity contribution in [1.29, 1.82) is 0 Å². The standard InChI is InChI=1S/C21H27ClN2O2S/c22-21-16-3-1-2-4-19(16)27-20(21)13-23-11-14-9-17(18(25)10-15(14)12-23)24-5-7-26-8-6-24/h1-4,14-15,17-18,25H,5-13H2/t14-,15+,17-,18-/m1/s1. The van der Waals surface area contributed by atoms with Crippen molar-refractivity contribution in [2.24, 2.45) is 11.8 Å². The van der Waals surface area contributed by atoms with Gasteiger partial charge >= 0.3 is 0 Å². The molecule has 2 aromatic rings. The van der Waals surface area contributed by atoms with Crippen LogP contribution in [-0.2, 0) is 11.3 Å². The molecule has 3 fully saturated rings. The van der Waals surface area contributed by atoms with Crippen LogP contribution in [0.2, 0.25) is 5.02 Å². The molecule has 1 aromatic heterocycles. The number of aliphatic hydroxyl groups is 1. The highest BCUT2D eigenvalue weighted by Crippen LogP contribution is 2.41. The number of aliphatic hydroxyl groups excluding tert-OH is 1. The zero-order valence-corrected chi connectivity index (χ0v) is 17.1. The number of thiophene rings is 1. The van der Waals surface area contributed by atoms with Crippen LogP contribution in [0.4, 0.5) is 0 Å². The molecule has 1 aliphatic carbocycles. The summed E-state index contributed by atoms with van der Waals surface area (Å²) in [6.07, 6.45) is 1.85. The smallest absolute Gasteiger partial charge is 0.0698 e. The molecule has 2 saturated heterocycles. The van der Waals surface area contributed by atoms with Gasteiger partial charge in [-0.3, -0.25) is 9.80 Å². The Morgan fingerprint density at radius 1 is 1.11 bits per heavy atom. The van der Waals surface area contributed by atoms with Crippen molar-refractivity contribution in [3.63, 3.8) is 0 Å². The first-order chi connectivity index (χ1) is 13.2. The fourth-order valence-corrected chi connectivity index (χ4v) is 6.84. The molecule has 1 aromatic carbocycles. The summed E-state index contributed by atoms with van der Waals surface area (Å²) in [7, 11) is 0. The number of morpholine rings is 1. The van der Waals surface area contributed by atoms with Gasteiger partial charge in [0.2, 0.25) is 0 Å². The number of hydrogen-bond acceptors (Lipinski definition) is 5. The normalized spacial score (nSPS) is 32.8. The minimum Gasteiger partial charge on any atom is -0.391 e. The Bertz CT molecular complexity index is 807. The number of nitrogens with zero attached hydrogens (tertiary/aromatic N) is 2. The maximum absolute atomic E-state index is 10.8. The summed E-state index contributed by atoms with van der Waals surface area (Å²) in [5.74, 6) is 1.31. The van der Waals surface area contributed by atoms with E-state index >= 15 is 0 Å². The quantitative estimate of drug-likeness (QED) is 0.846. The van der Waals surface area contributed by atoms with Crippen LogP contribution in [-0.4, -0.2) is 66.4 Å². The average molecular weight is 407 g/mol. The van der Waals surface area contributed by atoms with Crippen LogP contribution in [0.1, 0.15) is 17.7 Å². The summed E-state index contributed by atoms with van der Waals surface area (Å²) in [4.78, 5) is 6.29. The molecule has 0 amide bonds. The number of ether oxygens (including phenoxy) is 1. The maximum atomic E-state index is 10.8. The van der Waals surface area contributed by atoms with Crippen molar-refractivity contribution in [3.8, 4) is 0 Å². The predicted octanol–water partition coefficient (Wildman–Crippen LogP) is 3.46. The van der Waals surface area contributed by atoms with Gasteiger partial charge in [-0.25, -0.2) is 0 Å². The minimum atomic E-state index is -0.197. The lowest BCUT2D eigenvalue weighted by Gasteiger charge is -2.43. The Labute approximate surface area is 169 Å². The zero-order chi connectivity index (χ0) is 18.4. The van der Waals surface area contributed by atoms with E-state index < -0.39 is 0 Å². The van der Waals surface area contributed by atoms with Crippen LogP contribution in [0, 0.1) is 11.8 Å². The Hall–Kier alpha value is -0.690. The lowest BCUT2D eigenvalue weighted by molar-refractivity contribution is -0.0520. The number of fused-ring (bicyclic) bond motifs is 2. The summed E-state index contributed by atoms with van der Waals surface area (Å²) < 4.78 is 6.76. The highest BCUT2D eigenvalue weighted by Gasteiger charge is 2.43. The van der Waals surface area contributed by atoms with Gasteiger partial charge in [0, 0.05) is 53.7 Å². The summed E-state index contributed by atoms with van der Waals surface area (Å²) in [6, 6.07) is 8.72. The van der Waals surface area contributed by atoms with Gasteiger partial charge in [-0.05, 0) is 30.7 Å². The fraction of sp³-hybridized carbons (Fsp3) is 0.619. The van der Waals surface area contributed by atoms with E-state index in [2.05, 4.69) is 34.1 Å². The summed E-state index contributed by atoms with van der Waals surface area (Å²) in [5.41, 5.74) is 0. The molecule has 2 aliphatic heterocycles. The van der Waals surface area contributed by atoms with Gasteiger partial charge in [-0.1, -0.05) is 29.8 Å². The van der Waals surface area contributed by atoms with Crippen molar-refractivity contribution in [1.82, 2.24) is 9.80 Å². The number of likely N-dealkylation sites (tertiary alicyclic amines) is 1. The van der Waals surface area contributed by atoms with E-state index in [1.54, 1.807) is 0 Å². The van der Waals surface area contributed by atoms with Gasteiger partial charge in [0.25, 0.3) is 0 Å². The first-order valence-corrected chi connectivity index (χ1v) is 11.3. The molecule has 1 saturated carbocycles. The van der Waals surface area contributed by atoms with Gasteiger partial charge in [0.05, 0.1) is 24.3 Å². The monoisotopic (exact) mass is 406 g/mol. The predicted molar refractivity (Wildman–Crippen MR) is 111 cm³/mol. The van der Waals surface area contributed by atoms with E-state index in [1.165, 1.54) is 15.0 Å². The molecule has 0 spiro atoms. The largest absolute Gasteiger partial charge is 0.391 e. The van der Waals surface area contributed by atoms with E-state index in [1.807, 2.05) is 11.3 Å². The minimum absolute atomic E-state index is 0.197. The van der Waals surface area contributed by atoms with Crippen LogP contribution in [0.3, 0.4) is 0 Å². The Morgan fingerprint density at radius 3 is 2.63 bits per heavy atom. The molecule has 0 radical (unpaired) electrons. The van der Waals surface area contributed by atoms with Crippen molar-refractivity contribution in [2.45, 2.75) is 31.5 Å². The van der Waals surface area contributed by atoms with Crippen molar-refractivity contribution in [2.75, 3.05) is 39.4 Å². The molecule has 6 heteroatoms. The third-order valence-electron chi connectivity index (χ3n) is 6.67. The Kier molecular flexibility index (Phi) is 5.18. The molecule has 3 aliphatic rings. The van der Waals surface area contributed by atoms with Gasteiger partial charge < -0.3 is 9.84 Å². The molecular formula is C21H27ClN2O2S. The van der Waals surface area contributed by atoms with Crippen LogP contribution in [0.25, 0.3) is 10.1 Å². The lowest BCUT2D eigenvalue weighted by atomic mass is 9.77. The van der Waals surface area contributed by atoms with E-state index in [0.717, 1.165) is 63.8 Å². The van der Waals surface area contributed by atoms with Crippen molar-refractivity contribution < 1.29 is 9.84 Å². The number of halogens is 1. The maximum Gasteiger partial charge on any atom is 0.0698 e. The number of benzene rings is 1. The summed E-state index contributed by atoms with van der Waals surface area (Å²) in [5, 5.41) is 12.9. The highest BCUT2D eigenvalue weighted by atomic mass is 35.5. The second-order valence-electron chi connectivity index (χ2n) is 8.30.